The maximum atomic E-state index is 13.0. The minimum atomic E-state index is -1.78. The number of aliphatic hydroxyl groups excluding tert-OH is 8. The zero-order valence-corrected chi connectivity index (χ0v) is 33.7. The van der Waals surface area contributed by atoms with E-state index in [2.05, 4.69) is 31.3 Å². The summed E-state index contributed by atoms with van der Waals surface area (Å²) in [5.41, 5.74) is 0. The molecule has 2 aliphatic heterocycles. The lowest BCUT2D eigenvalue weighted by atomic mass is 9.97. The van der Waals surface area contributed by atoms with Crippen LogP contribution in [0.25, 0.3) is 0 Å². The number of ether oxygens (including phenoxy) is 4. The Hall–Kier alpha value is -1.27. The summed E-state index contributed by atoms with van der Waals surface area (Å²) in [4.78, 5) is 13.0. The third-order valence-corrected chi connectivity index (χ3v) is 10.7. The third kappa shape index (κ3) is 18.9. The number of carbonyl (C=O) groups is 1. The highest BCUT2D eigenvalue weighted by atomic mass is 16.7. The second-order valence-corrected chi connectivity index (χ2v) is 15.5. The molecule has 0 aliphatic carbocycles. The van der Waals surface area contributed by atoms with Crippen LogP contribution in [0.15, 0.2) is 12.2 Å². The Morgan fingerprint density at radius 2 is 1.15 bits per heavy atom. The maximum Gasteiger partial charge on any atom is 0.220 e. The van der Waals surface area contributed by atoms with Gasteiger partial charge < -0.3 is 65.1 Å². The molecule has 2 fully saturated rings. The molecule has 14 nitrogen and oxygen atoms in total. The third-order valence-electron chi connectivity index (χ3n) is 10.7. The van der Waals surface area contributed by atoms with Gasteiger partial charge in [-0.15, -0.1) is 0 Å². The summed E-state index contributed by atoms with van der Waals surface area (Å²) in [6, 6.07) is -0.824. The van der Waals surface area contributed by atoms with Gasteiger partial charge in [0.1, 0.15) is 48.8 Å². The van der Waals surface area contributed by atoms with Gasteiger partial charge in [0.25, 0.3) is 0 Å². The van der Waals surface area contributed by atoms with Crippen molar-refractivity contribution in [2.45, 2.75) is 222 Å². The number of hydrogen-bond donors (Lipinski definition) is 9. The van der Waals surface area contributed by atoms with Gasteiger partial charge in [0.15, 0.2) is 12.6 Å². The first-order chi connectivity index (χ1) is 26.6. The molecule has 324 valence electrons. The number of amides is 1. The molecule has 12 atom stereocenters. The Morgan fingerprint density at radius 1 is 0.636 bits per heavy atom. The fourth-order valence-electron chi connectivity index (χ4n) is 7.11. The van der Waals surface area contributed by atoms with Crippen LogP contribution in [0.4, 0.5) is 0 Å². The molecule has 0 aromatic rings. The van der Waals surface area contributed by atoms with Crippen molar-refractivity contribution in [3.63, 3.8) is 0 Å². The quantitative estimate of drug-likeness (QED) is 0.0364. The first kappa shape index (κ1) is 49.9. The van der Waals surface area contributed by atoms with Crippen molar-refractivity contribution in [3.8, 4) is 0 Å². The molecule has 1 amide bonds. The molecular formula is C41H77NO13. The van der Waals surface area contributed by atoms with Crippen LogP contribution in [0.1, 0.15) is 149 Å². The predicted octanol–water partition coefficient (Wildman–Crippen LogP) is 3.26. The molecule has 0 bridgehead atoms. The Balaban J connectivity index is 1.82. The summed E-state index contributed by atoms with van der Waals surface area (Å²) in [6.07, 6.45) is 9.98. The lowest BCUT2D eigenvalue weighted by Crippen LogP contribution is -2.65. The molecule has 2 saturated heterocycles. The minimum absolute atomic E-state index is 0.224. The molecule has 12 unspecified atom stereocenters. The topological polar surface area (TPSA) is 228 Å². The maximum absolute atomic E-state index is 13.0. The fraction of sp³-hybridized carbons (Fsp3) is 0.927. The molecule has 0 saturated carbocycles. The minimum Gasteiger partial charge on any atom is -0.394 e. The van der Waals surface area contributed by atoms with Crippen LogP contribution in [-0.4, -0.2) is 140 Å². The van der Waals surface area contributed by atoms with E-state index in [9.17, 15) is 45.6 Å². The van der Waals surface area contributed by atoms with Gasteiger partial charge in [0, 0.05) is 6.42 Å². The number of carbonyl (C=O) groups excluding carboxylic acids is 1. The molecule has 0 aromatic carbocycles. The van der Waals surface area contributed by atoms with Crippen LogP contribution < -0.4 is 5.32 Å². The normalized spacial score (nSPS) is 29.8. The predicted molar refractivity (Wildman–Crippen MR) is 208 cm³/mol. The van der Waals surface area contributed by atoms with Gasteiger partial charge in [0.2, 0.25) is 5.91 Å². The highest BCUT2D eigenvalue weighted by Gasteiger charge is 2.50. The number of allylic oxidation sites excluding steroid dienone is 2. The van der Waals surface area contributed by atoms with E-state index in [4.69, 9.17) is 18.9 Å². The summed E-state index contributed by atoms with van der Waals surface area (Å²) >= 11 is 0. The van der Waals surface area contributed by atoms with Crippen LogP contribution >= 0.6 is 0 Å². The van der Waals surface area contributed by atoms with Gasteiger partial charge >= 0.3 is 0 Å². The Morgan fingerprint density at radius 3 is 1.73 bits per heavy atom. The van der Waals surface area contributed by atoms with Crippen molar-refractivity contribution >= 4 is 5.91 Å². The average Bonchev–Trinajstić information content (AvgIpc) is 3.18. The van der Waals surface area contributed by atoms with E-state index in [1.54, 1.807) is 0 Å². The average molecular weight is 792 g/mol. The van der Waals surface area contributed by atoms with Crippen LogP contribution in [0, 0.1) is 0 Å². The fourth-order valence-corrected chi connectivity index (χ4v) is 7.11. The van der Waals surface area contributed by atoms with Gasteiger partial charge in [-0.25, -0.2) is 0 Å². The first-order valence-corrected chi connectivity index (χ1v) is 21.4. The van der Waals surface area contributed by atoms with Crippen molar-refractivity contribution in [2.24, 2.45) is 0 Å². The summed E-state index contributed by atoms with van der Waals surface area (Å²) in [6.45, 7) is 2.71. The van der Waals surface area contributed by atoms with E-state index in [1.807, 2.05) is 0 Å². The monoisotopic (exact) mass is 792 g/mol. The summed E-state index contributed by atoms with van der Waals surface area (Å²) in [5.74, 6) is -0.224. The lowest BCUT2D eigenvalue weighted by molar-refractivity contribution is -0.359. The molecule has 2 heterocycles. The molecule has 0 aromatic heterocycles. The van der Waals surface area contributed by atoms with Gasteiger partial charge in [-0.3, -0.25) is 4.79 Å². The van der Waals surface area contributed by atoms with Gasteiger partial charge in [-0.05, 0) is 38.5 Å². The number of aliphatic hydroxyl groups is 8. The number of rotatable bonds is 31. The van der Waals surface area contributed by atoms with Crippen molar-refractivity contribution < 1.29 is 64.6 Å². The van der Waals surface area contributed by atoms with Crippen molar-refractivity contribution in [3.05, 3.63) is 12.2 Å². The van der Waals surface area contributed by atoms with E-state index in [0.717, 1.165) is 70.6 Å². The Bertz CT molecular complexity index is 988. The Labute approximate surface area is 329 Å². The number of nitrogens with one attached hydrogen (secondary N) is 1. The Kier molecular flexibility index (Phi) is 27.1. The largest absolute Gasteiger partial charge is 0.394 e. The lowest BCUT2D eigenvalue weighted by Gasteiger charge is -2.46. The van der Waals surface area contributed by atoms with Crippen molar-refractivity contribution in [1.29, 1.82) is 0 Å². The highest BCUT2D eigenvalue weighted by Crippen LogP contribution is 2.30. The van der Waals surface area contributed by atoms with Crippen LogP contribution in [0.5, 0.6) is 0 Å². The van der Waals surface area contributed by atoms with E-state index in [1.165, 1.54) is 44.9 Å². The molecule has 55 heavy (non-hydrogen) atoms. The van der Waals surface area contributed by atoms with Crippen molar-refractivity contribution in [2.75, 3.05) is 19.8 Å². The zero-order valence-electron chi connectivity index (χ0n) is 33.7. The summed E-state index contributed by atoms with van der Waals surface area (Å²) < 4.78 is 22.5. The van der Waals surface area contributed by atoms with Crippen LogP contribution in [0.2, 0.25) is 0 Å². The highest BCUT2D eigenvalue weighted by molar-refractivity contribution is 5.76. The van der Waals surface area contributed by atoms with Crippen LogP contribution in [-0.2, 0) is 23.7 Å². The number of hydrogen-bond acceptors (Lipinski definition) is 13. The molecule has 2 rings (SSSR count). The summed E-state index contributed by atoms with van der Waals surface area (Å²) in [7, 11) is 0. The zero-order chi connectivity index (χ0) is 40.4. The molecular weight excluding hydrogens is 714 g/mol. The number of unbranched alkanes of at least 4 members (excludes halogenated alkanes) is 16. The first-order valence-electron chi connectivity index (χ1n) is 21.4. The molecule has 9 N–H and O–H groups in total. The van der Waals surface area contributed by atoms with E-state index in [0.29, 0.717) is 19.3 Å². The van der Waals surface area contributed by atoms with Gasteiger partial charge in [0.05, 0.1) is 32.0 Å². The SMILES string of the molecule is CCCCCCCCC/C=C\CCCCCCCC(=O)NC(COC1OC(CO)C(OC2OC(CO)C(O)C(O)C2O)C(O)C1O)C(O)CCCCCCC. The van der Waals surface area contributed by atoms with Crippen molar-refractivity contribution in [1.82, 2.24) is 5.32 Å². The molecule has 2 aliphatic rings. The standard InChI is InChI=1S/C41H77NO13/c1-3-5-7-9-10-11-12-13-14-15-16-17-18-19-21-23-25-33(46)42-29(30(45)24-22-20-8-6-4-2)28-52-40-38(51)36(49)39(32(27-44)54-40)55-41-37(50)35(48)34(47)31(26-43)53-41/h14-15,29-32,34-41,43-45,47-51H,3-13,16-28H2,1-2H3,(H,42,46)/b15-14-. The van der Waals surface area contributed by atoms with E-state index in [-0.39, 0.29) is 12.5 Å². The smallest absolute Gasteiger partial charge is 0.220 e. The van der Waals surface area contributed by atoms with Gasteiger partial charge in [-0.1, -0.05) is 116 Å². The molecule has 0 radical (unpaired) electrons. The second-order valence-electron chi connectivity index (χ2n) is 15.5. The molecule has 14 heteroatoms. The summed E-state index contributed by atoms with van der Waals surface area (Å²) in [5, 5.41) is 86.0. The molecule has 0 spiro atoms. The second kappa shape index (κ2) is 29.9. The van der Waals surface area contributed by atoms with Crippen LogP contribution in [0.3, 0.4) is 0 Å². The van der Waals surface area contributed by atoms with E-state index >= 15 is 0 Å². The van der Waals surface area contributed by atoms with E-state index < -0.39 is 86.8 Å². The van der Waals surface area contributed by atoms with Gasteiger partial charge in [-0.2, -0.15) is 0 Å².